The molecule has 1 aromatic rings. The zero-order valence-corrected chi connectivity index (χ0v) is 17.1. The predicted molar refractivity (Wildman–Crippen MR) is 104 cm³/mol. The van der Waals surface area contributed by atoms with Gasteiger partial charge in [0.2, 0.25) is 0 Å². The molecule has 1 saturated heterocycles. The lowest BCUT2D eigenvalue weighted by Crippen LogP contribution is -3.16. The summed E-state index contributed by atoms with van der Waals surface area (Å²) in [4.78, 5) is 29.3. The van der Waals surface area contributed by atoms with E-state index in [2.05, 4.69) is 12.2 Å². The lowest BCUT2D eigenvalue weighted by molar-refractivity contribution is -0.903. The van der Waals surface area contributed by atoms with Gasteiger partial charge in [0, 0.05) is 5.69 Å². The van der Waals surface area contributed by atoms with E-state index >= 15 is 0 Å². The number of carbonyl (C=O) groups is 2. The highest BCUT2D eigenvalue weighted by Gasteiger charge is 2.31. The predicted octanol–water partition coefficient (Wildman–Crippen LogP) is -0.418. The summed E-state index contributed by atoms with van der Waals surface area (Å²) < 4.78 is 0. The zero-order valence-electron chi connectivity index (χ0n) is 15.6. The number of amides is 2. The number of piperazine rings is 1. The van der Waals surface area contributed by atoms with E-state index in [9.17, 15) is 9.59 Å². The van der Waals surface area contributed by atoms with E-state index in [1.807, 2.05) is 18.9 Å². The molecule has 2 rings (SSSR count). The molecule has 1 heterocycles. The molecule has 2 atom stereocenters. The molecule has 1 fully saturated rings. The van der Waals surface area contributed by atoms with Gasteiger partial charge in [-0.05, 0) is 32.0 Å². The monoisotopic (exact) mass is 402 g/mol. The molecule has 144 valence electrons. The number of carbonyl (C=O) groups excluding carboxylic acids is 2. The highest BCUT2D eigenvalue weighted by Crippen LogP contribution is 2.24. The number of anilines is 1. The van der Waals surface area contributed by atoms with Gasteiger partial charge >= 0.3 is 0 Å². The first-order valence-corrected chi connectivity index (χ1v) is 9.77. The van der Waals surface area contributed by atoms with Crippen molar-refractivity contribution in [1.82, 2.24) is 4.90 Å². The third-order valence-electron chi connectivity index (χ3n) is 5.03. The molecule has 2 amide bonds. The van der Waals surface area contributed by atoms with Crippen molar-refractivity contribution < 1.29 is 19.4 Å². The lowest BCUT2D eigenvalue weighted by atomic mass is 10.2. The Bertz CT molecular complexity index is 648. The van der Waals surface area contributed by atoms with Crippen molar-refractivity contribution in [2.24, 2.45) is 0 Å². The molecule has 1 aliphatic rings. The van der Waals surface area contributed by atoms with Crippen LogP contribution in [-0.4, -0.2) is 69.1 Å². The highest BCUT2D eigenvalue weighted by atomic mass is 35.5. The summed E-state index contributed by atoms with van der Waals surface area (Å²) in [7, 11) is 1.87. The van der Waals surface area contributed by atoms with Gasteiger partial charge in [0.25, 0.3) is 11.8 Å². The fourth-order valence-electron chi connectivity index (χ4n) is 3.07. The Morgan fingerprint density at radius 1 is 1.27 bits per heavy atom. The molecule has 8 heteroatoms. The number of nitrogens with zero attached hydrogens (tertiary/aromatic N) is 1. The fourth-order valence-corrected chi connectivity index (χ4v) is 3.37. The minimum atomic E-state index is -0.266. The van der Waals surface area contributed by atoms with Crippen molar-refractivity contribution in [3.63, 3.8) is 0 Å². The van der Waals surface area contributed by atoms with Crippen LogP contribution in [0.5, 0.6) is 0 Å². The van der Waals surface area contributed by atoms with Crippen LogP contribution >= 0.6 is 23.2 Å². The van der Waals surface area contributed by atoms with E-state index in [4.69, 9.17) is 23.2 Å². The van der Waals surface area contributed by atoms with Crippen LogP contribution in [0.1, 0.15) is 13.8 Å². The maximum atomic E-state index is 12.7. The van der Waals surface area contributed by atoms with E-state index in [1.165, 1.54) is 4.90 Å². The summed E-state index contributed by atoms with van der Waals surface area (Å²) in [5.41, 5.74) is 0.592. The normalized spacial score (nSPS) is 17.7. The average molecular weight is 403 g/mol. The van der Waals surface area contributed by atoms with Crippen molar-refractivity contribution in [3.05, 3.63) is 28.2 Å². The Kier molecular flexibility index (Phi) is 7.70. The van der Waals surface area contributed by atoms with Crippen LogP contribution in [0.15, 0.2) is 18.2 Å². The molecular formula is C18H28Cl2N4O2+2. The van der Waals surface area contributed by atoms with E-state index in [-0.39, 0.29) is 24.4 Å². The number of rotatable bonds is 6. The molecule has 0 radical (unpaired) electrons. The van der Waals surface area contributed by atoms with E-state index in [1.54, 1.807) is 18.2 Å². The molecule has 0 aromatic heterocycles. The summed E-state index contributed by atoms with van der Waals surface area (Å²) in [6.07, 6.45) is 0. The topological polar surface area (TPSA) is 58.3 Å². The van der Waals surface area contributed by atoms with Gasteiger partial charge in [-0.2, -0.15) is 0 Å². The third-order valence-corrected chi connectivity index (χ3v) is 5.77. The second kappa shape index (κ2) is 9.55. The molecule has 0 spiro atoms. The second-order valence-corrected chi connectivity index (χ2v) is 7.67. The first-order valence-electron chi connectivity index (χ1n) is 9.01. The number of benzene rings is 1. The first kappa shape index (κ1) is 21.0. The Hall–Kier alpha value is -1.34. The van der Waals surface area contributed by atoms with Crippen molar-refractivity contribution in [2.75, 3.05) is 51.6 Å². The summed E-state index contributed by atoms with van der Waals surface area (Å²) in [6.45, 7) is 8.90. The fraction of sp³-hybridized carbons (Fsp3) is 0.556. The minimum absolute atomic E-state index is 0.111. The summed E-state index contributed by atoms with van der Waals surface area (Å²) >= 11 is 11.8. The Morgan fingerprint density at radius 2 is 1.92 bits per heavy atom. The van der Waals surface area contributed by atoms with Crippen LogP contribution in [0.25, 0.3) is 0 Å². The smallest absolute Gasteiger partial charge is 0.280 e. The number of halogens is 2. The molecule has 1 aliphatic heterocycles. The number of quaternary nitrogens is 2. The molecule has 6 nitrogen and oxygen atoms in total. The minimum Gasteiger partial charge on any atom is -0.332 e. The van der Waals surface area contributed by atoms with E-state index in [0.29, 0.717) is 15.7 Å². The van der Waals surface area contributed by atoms with Crippen molar-refractivity contribution >= 4 is 40.7 Å². The molecule has 0 aliphatic carbocycles. The maximum absolute atomic E-state index is 12.7. The van der Waals surface area contributed by atoms with E-state index in [0.717, 1.165) is 37.6 Å². The number of hydrogen-bond acceptors (Lipinski definition) is 2. The van der Waals surface area contributed by atoms with Crippen molar-refractivity contribution in [3.8, 4) is 0 Å². The van der Waals surface area contributed by atoms with Crippen LogP contribution in [0, 0.1) is 0 Å². The van der Waals surface area contributed by atoms with Crippen LogP contribution < -0.4 is 15.1 Å². The van der Waals surface area contributed by atoms with Crippen molar-refractivity contribution in [2.45, 2.75) is 19.9 Å². The number of likely N-dealkylation sites (N-methyl/N-ethyl adjacent to an activating group) is 2. The van der Waals surface area contributed by atoms with Gasteiger partial charge in [-0.25, -0.2) is 0 Å². The molecule has 1 aromatic carbocycles. The number of hydrogen-bond donors (Lipinski definition) is 3. The van der Waals surface area contributed by atoms with Crippen LogP contribution in [0.3, 0.4) is 0 Å². The van der Waals surface area contributed by atoms with Gasteiger partial charge in [-0.1, -0.05) is 23.2 Å². The van der Waals surface area contributed by atoms with Gasteiger partial charge < -0.3 is 20.0 Å². The Balaban J connectivity index is 1.85. The SMILES string of the molecule is CC[NH+]1CCN(C(=O)[C@H](C)[NH+](C)CC(=O)Nc2ccc(Cl)c(Cl)c2)CC1. The van der Waals surface area contributed by atoms with Crippen molar-refractivity contribution in [1.29, 1.82) is 0 Å². The summed E-state index contributed by atoms with van der Waals surface area (Å²) in [5.74, 6) is -0.0548. The Morgan fingerprint density at radius 3 is 2.50 bits per heavy atom. The van der Waals surface area contributed by atoms with Crippen LogP contribution in [0.2, 0.25) is 10.0 Å². The highest BCUT2D eigenvalue weighted by molar-refractivity contribution is 6.42. The van der Waals surface area contributed by atoms with Crippen LogP contribution in [-0.2, 0) is 9.59 Å². The Labute approximate surface area is 165 Å². The third kappa shape index (κ3) is 5.58. The second-order valence-electron chi connectivity index (χ2n) is 6.85. The van der Waals surface area contributed by atoms with Gasteiger partial charge in [0.1, 0.15) is 0 Å². The van der Waals surface area contributed by atoms with Crippen LogP contribution in [0.4, 0.5) is 5.69 Å². The van der Waals surface area contributed by atoms with Gasteiger partial charge in [0.05, 0.1) is 49.8 Å². The van der Waals surface area contributed by atoms with Gasteiger partial charge in [-0.15, -0.1) is 0 Å². The largest absolute Gasteiger partial charge is 0.332 e. The molecule has 26 heavy (non-hydrogen) atoms. The molecule has 3 N–H and O–H groups in total. The molecule has 0 bridgehead atoms. The quantitative estimate of drug-likeness (QED) is 0.605. The summed E-state index contributed by atoms with van der Waals surface area (Å²) in [5, 5.41) is 3.63. The first-order chi connectivity index (χ1) is 12.3. The van der Waals surface area contributed by atoms with Gasteiger partial charge in [-0.3, -0.25) is 9.59 Å². The standard InChI is InChI=1S/C18H26Cl2N4O2/c1-4-23-7-9-24(10-8-23)18(26)13(2)22(3)12-17(25)21-14-5-6-15(19)16(20)11-14/h5-6,11,13H,4,7-10,12H2,1-3H3,(H,21,25)/p+2/t13-/m0/s1. The van der Waals surface area contributed by atoms with E-state index < -0.39 is 0 Å². The molecule has 0 saturated carbocycles. The number of nitrogens with one attached hydrogen (secondary N) is 3. The average Bonchev–Trinajstić information content (AvgIpc) is 2.63. The zero-order chi connectivity index (χ0) is 19.3. The molecular weight excluding hydrogens is 375 g/mol. The van der Waals surface area contributed by atoms with Gasteiger partial charge in [0.15, 0.2) is 12.6 Å². The molecule has 1 unspecified atom stereocenters. The lowest BCUT2D eigenvalue weighted by Gasteiger charge is -2.33. The maximum Gasteiger partial charge on any atom is 0.280 e. The summed E-state index contributed by atoms with van der Waals surface area (Å²) in [6, 6.07) is 4.69.